The van der Waals surface area contributed by atoms with Gasteiger partial charge in [0.2, 0.25) is 0 Å². The summed E-state index contributed by atoms with van der Waals surface area (Å²) in [6.07, 6.45) is 2.34. The Bertz CT molecular complexity index is 977. The summed E-state index contributed by atoms with van der Waals surface area (Å²) in [6, 6.07) is 19.5. The van der Waals surface area contributed by atoms with Gasteiger partial charge in [0, 0.05) is 18.2 Å². The maximum atomic E-state index is 12.8. The van der Waals surface area contributed by atoms with Gasteiger partial charge in [-0.2, -0.15) is 0 Å². The summed E-state index contributed by atoms with van der Waals surface area (Å²) < 4.78 is 10.7. The predicted octanol–water partition coefficient (Wildman–Crippen LogP) is 4.55. The monoisotopic (exact) mass is 419 g/mol. The van der Waals surface area contributed by atoms with Gasteiger partial charge in [-0.1, -0.05) is 54.5 Å². The zero-order valence-electron chi connectivity index (χ0n) is 18.1. The van der Waals surface area contributed by atoms with Crippen molar-refractivity contribution in [2.24, 2.45) is 5.92 Å². The summed E-state index contributed by atoms with van der Waals surface area (Å²) in [5.74, 6) is 1.93. The van der Waals surface area contributed by atoms with Crippen LogP contribution in [0.3, 0.4) is 0 Å². The molecule has 0 saturated carbocycles. The van der Waals surface area contributed by atoms with Crippen LogP contribution in [0.2, 0.25) is 0 Å². The normalized spacial score (nSPS) is 16.1. The number of hydrogen-bond donors (Lipinski definition) is 1. The van der Waals surface area contributed by atoms with E-state index >= 15 is 0 Å². The largest absolute Gasteiger partial charge is 0.497 e. The smallest absolute Gasteiger partial charge is 0.273 e. The fourth-order valence-electron chi connectivity index (χ4n) is 4.02. The number of benzene rings is 2. The molecule has 1 aliphatic heterocycles. The zero-order valence-corrected chi connectivity index (χ0v) is 18.1. The molecule has 0 aliphatic carbocycles. The van der Waals surface area contributed by atoms with E-state index < -0.39 is 0 Å². The molecule has 0 spiro atoms. The van der Waals surface area contributed by atoms with E-state index in [9.17, 15) is 4.79 Å². The Labute approximate surface area is 183 Å². The van der Waals surface area contributed by atoms with Gasteiger partial charge in [0.25, 0.3) is 5.91 Å². The number of rotatable bonds is 7. The van der Waals surface area contributed by atoms with E-state index in [1.54, 1.807) is 13.2 Å². The van der Waals surface area contributed by atoms with Crippen molar-refractivity contribution < 1.29 is 14.1 Å². The fraction of sp³-hybridized carbons (Fsp3) is 0.360. The Morgan fingerprint density at radius 2 is 1.87 bits per heavy atom. The third kappa shape index (κ3) is 5.14. The van der Waals surface area contributed by atoms with E-state index in [-0.39, 0.29) is 11.9 Å². The maximum Gasteiger partial charge on any atom is 0.273 e. The molecule has 2 heterocycles. The van der Waals surface area contributed by atoms with Crippen LogP contribution in [0.4, 0.5) is 0 Å². The molecule has 6 heteroatoms. The second kappa shape index (κ2) is 9.79. The van der Waals surface area contributed by atoms with Crippen LogP contribution < -0.4 is 10.1 Å². The molecule has 0 unspecified atom stereocenters. The van der Waals surface area contributed by atoms with Crippen LogP contribution in [0.5, 0.6) is 5.75 Å². The molecule has 6 nitrogen and oxygen atoms in total. The maximum absolute atomic E-state index is 12.8. The van der Waals surface area contributed by atoms with Gasteiger partial charge in [0.1, 0.15) is 5.75 Å². The molecule has 1 N–H and O–H groups in total. The minimum absolute atomic E-state index is 0.0999. The van der Waals surface area contributed by atoms with E-state index in [0.29, 0.717) is 18.0 Å². The number of ether oxygens (including phenoxy) is 1. The van der Waals surface area contributed by atoms with Crippen molar-refractivity contribution in [3.05, 3.63) is 71.9 Å². The summed E-state index contributed by atoms with van der Waals surface area (Å²) in [7, 11) is 1.67. The molecule has 162 valence electrons. The topological polar surface area (TPSA) is 67.6 Å². The Hall–Kier alpha value is -3.12. The van der Waals surface area contributed by atoms with E-state index in [4.69, 9.17) is 9.26 Å². The molecule has 31 heavy (non-hydrogen) atoms. The molecule has 1 aromatic heterocycles. The lowest BCUT2D eigenvalue weighted by Gasteiger charge is -2.37. The zero-order chi connectivity index (χ0) is 21.6. The van der Waals surface area contributed by atoms with Crippen molar-refractivity contribution >= 4 is 5.91 Å². The van der Waals surface area contributed by atoms with Crippen LogP contribution in [-0.4, -0.2) is 42.7 Å². The van der Waals surface area contributed by atoms with Gasteiger partial charge >= 0.3 is 0 Å². The first-order valence-electron chi connectivity index (χ1n) is 10.8. The number of likely N-dealkylation sites (tertiary alicyclic amines) is 1. The number of aromatic nitrogens is 1. The summed E-state index contributed by atoms with van der Waals surface area (Å²) in [5.41, 5.74) is 2.35. The molecule has 4 rings (SSSR count). The highest BCUT2D eigenvalue weighted by Crippen LogP contribution is 2.28. The number of nitrogens with zero attached hydrogens (tertiary/aromatic N) is 2. The van der Waals surface area contributed by atoms with Gasteiger partial charge in [-0.05, 0) is 49.5 Å². The van der Waals surface area contributed by atoms with E-state index in [1.807, 2.05) is 42.5 Å². The Morgan fingerprint density at radius 1 is 1.16 bits per heavy atom. The number of hydrogen-bond acceptors (Lipinski definition) is 5. The molecule has 0 radical (unpaired) electrons. The molecule has 1 fully saturated rings. The Morgan fingerprint density at radius 3 is 2.55 bits per heavy atom. The van der Waals surface area contributed by atoms with Crippen molar-refractivity contribution in [3.63, 3.8) is 0 Å². The molecule has 2 aromatic carbocycles. The molecule has 1 amide bonds. The fourth-order valence-corrected chi connectivity index (χ4v) is 4.02. The molecule has 1 saturated heterocycles. The minimum atomic E-state index is -0.227. The molecular formula is C25H29N3O3. The molecule has 0 bridgehead atoms. The van der Waals surface area contributed by atoms with Crippen molar-refractivity contribution in [1.82, 2.24) is 15.4 Å². The number of carbonyl (C=O) groups is 1. The summed E-state index contributed by atoms with van der Waals surface area (Å²) in [5, 5.41) is 7.04. The first kappa shape index (κ1) is 21.1. The van der Waals surface area contributed by atoms with Crippen molar-refractivity contribution in [1.29, 1.82) is 0 Å². The van der Waals surface area contributed by atoms with Gasteiger partial charge in [-0.25, -0.2) is 0 Å². The predicted molar refractivity (Wildman–Crippen MR) is 120 cm³/mol. The highest BCUT2D eigenvalue weighted by atomic mass is 16.5. The van der Waals surface area contributed by atoms with Gasteiger partial charge in [0.15, 0.2) is 11.5 Å². The second-order valence-corrected chi connectivity index (χ2v) is 8.16. The highest BCUT2D eigenvalue weighted by Gasteiger charge is 2.26. The number of piperidine rings is 1. The van der Waals surface area contributed by atoms with E-state index in [2.05, 4.69) is 34.4 Å². The van der Waals surface area contributed by atoms with Crippen LogP contribution in [0.15, 0.2) is 65.2 Å². The highest BCUT2D eigenvalue weighted by molar-refractivity contribution is 5.93. The third-order valence-corrected chi connectivity index (χ3v) is 6.02. The Kier molecular flexibility index (Phi) is 6.67. The van der Waals surface area contributed by atoms with Gasteiger partial charge in [-0.3, -0.25) is 9.69 Å². The minimum Gasteiger partial charge on any atom is -0.497 e. The third-order valence-electron chi connectivity index (χ3n) is 6.02. The van der Waals surface area contributed by atoms with E-state index in [0.717, 1.165) is 30.3 Å². The van der Waals surface area contributed by atoms with Crippen molar-refractivity contribution in [2.45, 2.75) is 25.8 Å². The van der Waals surface area contributed by atoms with Gasteiger partial charge in [-0.15, -0.1) is 0 Å². The molecular weight excluding hydrogens is 390 g/mol. The van der Waals surface area contributed by atoms with Crippen molar-refractivity contribution in [3.8, 4) is 17.1 Å². The first-order chi connectivity index (χ1) is 15.1. The number of carbonyl (C=O) groups excluding carboxylic acids is 1. The van der Waals surface area contributed by atoms with Crippen LogP contribution in [0.25, 0.3) is 11.3 Å². The molecule has 1 atom stereocenters. The van der Waals surface area contributed by atoms with E-state index in [1.165, 1.54) is 18.4 Å². The van der Waals surface area contributed by atoms with Crippen LogP contribution >= 0.6 is 0 Å². The second-order valence-electron chi connectivity index (χ2n) is 8.16. The molecule has 3 aromatic rings. The lowest BCUT2D eigenvalue weighted by Crippen LogP contribution is -2.42. The number of nitrogens with one attached hydrogen (secondary N) is 1. The van der Waals surface area contributed by atoms with Crippen LogP contribution in [-0.2, 0) is 0 Å². The number of amides is 1. The SMILES string of the molecule is COc1ccc([C@@H](CNC(=O)c2cc(-c3ccccc3)on2)N2CCC(C)CC2)cc1. The van der Waals surface area contributed by atoms with Gasteiger partial charge < -0.3 is 14.6 Å². The average Bonchev–Trinajstić information content (AvgIpc) is 3.32. The number of methoxy groups -OCH3 is 1. The lowest BCUT2D eigenvalue weighted by atomic mass is 9.95. The Balaban J connectivity index is 1.46. The van der Waals surface area contributed by atoms with Gasteiger partial charge in [0.05, 0.1) is 13.2 Å². The lowest BCUT2D eigenvalue weighted by molar-refractivity contribution is 0.0904. The summed E-state index contributed by atoms with van der Waals surface area (Å²) >= 11 is 0. The van der Waals surface area contributed by atoms with Crippen LogP contribution in [0, 0.1) is 5.92 Å². The average molecular weight is 420 g/mol. The van der Waals surface area contributed by atoms with Crippen LogP contribution in [0.1, 0.15) is 41.9 Å². The summed E-state index contributed by atoms with van der Waals surface area (Å²) in [4.78, 5) is 15.2. The van der Waals surface area contributed by atoms with Crippen molar-refractivity contribution in [2.75, 3.05) is 26.7 Å². The standard InChI is InChI=1S/C25H29N3O3/c1-18-12-14-28(15-13-18)23(19-8-10-21(30-2)11-9-19)17-26-25(29)22-16-24(31-27-22)20-6-4-3-5-7-20/h3-11,16,18,23H,12-15,17H2,1-2H3,(H,26,29)/t23-/m1/s1. The summed E-state index contributed by atoms with van der Waals surface area (Å²) in [6.45, 7) is 4.86. The first-order valence-corrected chi connectivity index (χ1v) is 10.8. The molecule has 1 aliphatic rings. The quantitative estimate of drug-likeness (QED) is 0.608.